The van der Waals surface area contributed by atoms with Gasteiger partial charge in [-0.05, 0) is 44.9 Å². The predicted octanol–water partition coefficient (Wildman–Crippen LogP) is 3.87. The first-order chi connectivity index (χ1) is 14.3. The van der Waals surface area contributed by atoms with Crippen molar-refractivity contribution in [2.45, 2.75) is 38.8 Å². The number of hydrogen-bond acceptors (Lipinski definition) is 6. The van der Waals surface area contributed by atoms with Gasteiger partial charge in [0.15, 0.2) is 0 Å². The zero-order valence-electron chi connectivity index (χ0n) is 17.8. The topological polar surface area (TPSA) is 95.5 Å². The minimum absolute atomic E-state index is 0.0775. The van der Waals surface area contributed by atoms with Crippen molar-refractivity contribution >= 4 is 22.9 Å². The number of carbonyl (C=O) groups is 1. The monoisotopic (exact) mass is 409 g/mol. The maximum absolute atomic E-state index is 12.5. The number of hydrogen-bond donors (Lipinski definition) is 1. The lowest BCUT2D eigenvalue weighted by Gasteiger charge is -2.24. The highest BCUT2D eigenvalue weighted by molar-refractivity contribution is 6.00. The Morgan fingerprint density at radius 2 is 2.07 bits per heavy atom. The molecule has 4 rings (SSSR count). The summed E-state index contributed by atoms with van der Waals surface area (Å²) in [6.45, 7) is 6.81. The third-order valence-electron chi connectivity index (χ3n) is 5.23. The van der Waals surface area contributed by atoms with E-state index in [1.54, 1.807) is 12.0 Å². The molecule has 1 aliphatic heterocycles. The average Bonchev–Trinajstić information content (AvgIpc) is 3.32. The molecule has 0 bridgehead atoms. The standard InChI is InChI=1S/C22H27N5O3/c1-22(2,3)30-21(28)26-9-8-15(11-26)27-12-17(14-6-5-7-16(10-14)29-4)18-19(23)24-13-25-20(18)27/h5-7,10,12-13,15H,8-9,11H2,1-4H3,(H2,23,24,25). The molecule has 1 fully saturated rings. The number of benzene rings is 1. The molecule has 1 atom stereocenters. The molecule has 1 aromatic carbocycles. The smallest absolute Gasteiger partial charge is 0.410 e. The zero-order valence-corrected chi connectivity index (χ0v) is 17.8. The lowest BCUT2D eigenvalue weighted by atomic mass is 10.1. The highest BCUT2D eigenvalue weighted by atomic mass is 16.6. The Kier molecular flexibility index (Phi) is 5.01. The summed E-state index contributed by atoms with van der Waals surface area (Å²) in [7, 11) is 1.64. The lowest BCUT2D eigenvalue weighted by molar-refractivity contribution is 0.0289. The quantitative estimate of drug-likeness (QED) is 0.705. The molecule has 158 valence electrons. The normalized spacial score (nSPS) is 16.8. The highest BCUT2D eigenvalue weighted by Crippen LogP contribution is 2.37. The zero-order chi connectivity index (χ0) is 21.5. The van der Waals surface area contributed by atoms with Gasteiger partial charge in [0, 0.05) is 24.8 Å². The fraction of sp³-hybridized carbons (Fsp3) is 0.409. The van der Waals surface area contributed by atoms with Crippen LogP contribution in [0.15, 0.2) is 36.8 Å². The Morgan fingerprint density at radius 1 is 1.27 bits per heavy atom. The molecule has 8 nitrogen and oxygen atoms in total. The minimum Gasteiger partial charge on any atom is -0.497 e. The summed E-state index contributed by atoms with van der Waals surface area (Å²) in [4.78, 5) is 22.9. The van der Waals surface area contributed by atoms with Gasteiger partial charge in [0.2, 0.25) is 0 Å². The SMILES string of the molecule is COc1cccc(-c2cn(C3CCN(C(=O)OC(C)(C)C)C3)c3ncnc(N)c23)c1. The van der Waals surface area contributed by atoms with Crippen molar-refractivity contribution in [2.75, 3.05) is 25.9 Å². The van der Waals surface area contributed by atoms with Crippen LogP contribution in [-0.4, -0.2) is 51.3 Å². The molecule has 1 aliphatic rings. The third-order valence-corrected chi connectivity index (χ3v) is 5.23. The van der Waals surface area contributed by atoms with Gasteiger partial charge in [-0.2, -0.15) is 0 Å². The third kappa shape index (κ3) is 3.77. The van der Waals surface area contributed by atoms with Crippen LogP contribution in [0.25, 0.3) is 22.2 Å². The fourth-order valence-electron chi connectivity index (χ4n) is 3.86. The number of nitrogen functional groups attached to an aromatic ring is 1. The van der Waals surface area contributed by atoms with Gasteiger partial charge >= 0.3 is 6.09 Å². The van der Waals surface area contributed by atoms with Crippen molar-refractivity contribution in [1.82, 2.24) is 19.4 Å². The summed E-state index contributed by atoms with van der Waals surface area (Å²) in [6.07, 6.45) is 4.05. The number of aromatic nitrogens is 3. The van der Waals surface area contributed by atoms with E-state index in [4.69, 9.17) is 15.2 Å². The predicted molar refractivity (Wildman–Crippen MR) is 115 cm³/mol. The van der Waals surface area contributed by atoms with Crippen LogP contribution in [0, 0.1) is 0 Å². The number of anilines is 1. The second kappa shape index (κ2) is 7.51. The number of fused-ring (bicyclic) bond motifs is 1. The van der Waals surface area contributed by atoms with E-state index < -0.39 is 5.60 Å². The summed E-state index contributed by atoms with van der Waals surface area (Å²) in [5.41, 5.74) is 8.40. The molecular weight excluding hydrogens is 382 g/mol. The van der Waals surface area contributed by atoms with E-state index in [-0.39, 0.29) is 12.1 Å². The Morgan fingerprint density at radius 3 is 2.80 bits per heavy atom. The van der Waals surface area contributed by atoms with Crippen molar-refractivity contribution in [3.05, 3.63) is 36.8 Å². The summed E-state index contributed by atoms with van der Waals surface area (Å²) in [6, 6.07) is 7.90. The van der Waals surface area contributed by atoms with Crippen LogP contribution in [0.4, 0.5) is 10.6 Å². The molecule has 1 unspecified atom stereocenters. The first kappa shape index (κ1) is 20.0. The number of likely N-dealkylation sites (tertiary alicyclic amines) is 1. The number of rotatable bonds is 3. The van der Waals surface area contributed by atoms with Gasteiger partial charge in [-0.3, -0.25) is 0 Å². The van der Waals surface area contributed by atoms with Crippen LogP contribution < -0.4 is 10.5 Å². The van der Waals surface area contributed by atoms with Crippen molar-refractivity contribution in [2.24, 2.45) is 0 Å². The van der Waals surface area contributed by atoms with Gasteiger partial charge in [0.25, 0.3) is 0 Å². The van der Waals surface area contributed by atoms with E-state index >= 15 is 0 Å². The van der Waals surface area contributed by atoms with Crippen molar-refractivity contribution < 1.29 is 14.3 Å². The molecule has 1 amide bonds. The Labute approximate surface area is 175 Å². The van der Waals surface area contributed by atoms with Crippen LogP contribution >= 0.6 is 0 Å². The second-order valence-corrected chi connectivity index (χ2v) is 8.51. The molecule has 0 spiro atoms. The van der Waals surface area contributed by atoms with Gasteiger partial charge in [-0.1, -0.05) is 12.1 Å². The first-order valence-corrected chi connectivity index (χ1v) is 10.00. The van der Waals surface area contributed by atoms with Crippen molar-refractivity contribution in [3.63, 3.8) is 0 Å². The van der Waals surface area contributed by atoms with Gasteiger partial charge < -0.3 is 24.7 Å². The average molecular weight is 409 g/mol. The second-order valence-electron chi connectivity index (χ2n) is 8.51. The molecule has 2 N–H and O–H groups in total. The van der Waals surface area contributed by atoms with Gasteiger partial charge in [0.1, 0.15) is 29.1 Å². The Bertz CT molecular complexity index is 1090. The van der Waals surface area contributed by atoms with Crippen molar-refractivity contribution in [3.8, 4) is 16.9 Å². The summed E-state index contributed by atoms with van der Waals surface area (Å²) >= 11 is 0. The molecule has 2 aromatic heterocycles. The number of nitrogens with zero attached hydrogens (tertiary/aromatic N) is 4. The number of carbonyl (C=O) groups excluding carboxylic acids is 1. The van der Waals surface area contributed by atoms with Gasteiger partial charge in [-0.25, -0.2) is 14.8 Å². The van der Waals surface area contributed by atoms with E-state index in [1.807, 2.05) is 51.2 Å². The minimum atomic E-state index is -0.517. The van der Waals surface area contributed by atoms with Crippen LogP contribution in [0.5, 0.6) is 5.75 Å². The molecule has 0 aliphatic carbocycles. The van der Waals surface area contributed by atoms with E-state index in [9.17, 15) is 4.79 Å². The van der Waals surface area contributed by atoms with E-state index in [1.165, 1.54) is 6.33 Å². The summed E-state index contributed by atoms with van der Waals surface area (Å²) in [5, 5.41) is 0.807. The number of methoxy groups -OCH3 is 1. The van der Waals surface area contributed by atoms with Crippen LogP contribution in [0.3, 0.4) is 0 Å². The lowest BCUT2D eigenvalue weighted by Crippen LogP contribution is -2.35. The molecule has 1 saturated heterocycles. The maximum Gasteiger partial charge on any atom is 0.410 e. The van der Waals surface area contributed by atoms with Crippen molar-refractivity contribution in [1.29, 1.82) is 0 Å². The van der Waals surface area contributed by atoms with E-state index in [0.29, 0.717) is 18.9 Å². The van der Waals surface area contributed by atoms with Crippen LogP contribution in [0.2, 0.25) is 0 Å². The van der Waals surface area contributed by atoms with Crippen LogP contribution in [0.1, 0.15) is 33.2 Å². The molecule has 30 heavy (non-hydrogen) atoms. The number of ether oxygens (including phenoxy) is 2. The Hall–Kier alpha value is -3.29. The molecule has 3 heterocycles. The van der Waals surface area contributed by atoms with E-state index in [0.717, 1.165) is 34.3 Å². The van der Waals surface area contributed by atoms with Gasteiger partial charge in [0.05, 0.1) is 18.5 Å². The maximum atomic E-state index is 12.5. The molecule has 0 radical (unpaired) electrons. The molecule has 0 saturated carbocycles. The van der Waals surface area contributed by atoms with Gasteiger partial charge in [-0.15, -0.1) is 0 Å². The highest BCUT2D eigenvalue weighted by Gasteiger charge is 2.32. The Balaban J connectivity index is 1.71. The summed E-state index contributed by atoms with van der Waals surface area (Å²) in [5.74, 6) is 1.19. The van der Waals surface area contributed by atoms with E-state index in [2.05, 4.69) is 14.5 Å². The molecule has 8 heteroatoms. The fourth-order valence-corrected chi connectivity index (χ4v) is 3.86. The number of nitrogens with two attached hydrogens (primary N) is 1. The number of amides is 1. The molecule has 3 aromatic rings. The van der Waals surface area contributed by atoms with Crippen LogP contribution in [-0.2, 0) is 4.74 Å². The molecular formula is C22H27N5O3. The summed E-state index contributed by atoms with van der Waals surface area (Å²) < 4.78 is 13.0. The first-order valence-electron chi connectivity index (χ1n) is 10.00. The largest absolute Gasteiger partial charge is 0.497 e.